The zero-order valence-electron chi connectivity index (χ0n) is 12.8. The first kappa shape index (κ1) is 15.8. The topological polar surface area (TPSA) is 78.0 Å². The van der Waals surface area contributed by atoms with E-state index in [4.69, 9.17) is 11.1 Å². The molecule has 1 aromatic heterocycles. The molecule has 0 aliphatic carbocycles. The number of nitrogens with zero attached hydrogens (tertiary/aromatic N) is 2. The first-order valence-corrected chi connectivity index (χ1v) is 7.38. The summed E-state index contributed by atoms with van der Waals surface area (Å²) in [4.78, 5) is 6.48. The standard InChI is InChI=1S/C17H23N5/c1-3-13(2)22-6-4-16(5-7-22)21-17-8-14(11-20-12-17)15(9-18)10-19/h3,8-12,16,18,21H,1-2,4-7,19H2/b15-10+,18-9?. The van der Waals surface area contributed by atoms with Crippen LogP contribution in [-0.2, 0) is 0 Å². The number of allylic oxidation sites excluding steroid dienone is 2. The Morgan fingerprint density at radius 1 is 1.41 bits per heavy atom. The molecule has 0 amide bonds. The fourth-order valence-corrected chi connectivity index (χ4v) is 2.58. The lowest BCUT2D eigenvalue weighted by atomic mass is 10.0. The number of pyridine rings is 1. The van der Waals surface area contributed by atoms with Crippen molar-refractivity contribution in [2.24, 2.45) is 5.73 Å². The van der Waals surface area contributed by atoms with E-state index >= 15 is 0 Å². The maximum atomic E-state index is 7.36. The molecular formula is C17H23N5. The monoisotopic (exact) mass is 297 g/mol. The van der Waals surface area contributed by atoms with Gasteiger partial charge in [-0.05, 0) is 25.0 Å². The van der Waals surface area contributed by atoms with Gasteiger partial charge in [0.05, 0.1) is 5.69 Å². The fourth-order valence-electron chi connectivity index (χ4n) is 2.58. The molecular weight excluding hydrogens is 274 g/mol. The molecule has 5 nitrogen and oxygen atoms in total. The molecule has 2 rings (SSSR count). The molecule has 0 bridgehead atoms. The van der Waals surface area contributed by atoms with E-state index in [1.54, 1.807) is 18.5 Å². The van der Waals surface area contributed by atoms with E-state index in [2.05, 4.69) is 28.4 Å². The summed E-state index contributed by atoms with van der Waals surface area (Å²) in [5.41, 5.74) is 8.98. The number of aromatic nitrogens is 1. The van der Waals surface area contributed by atoms with Crippen molar-refractivity contribution in [1.82, 2.24) is 9.88 Å². The molecule has 1 saturated heterocycles. The number of nitrogens with two attached hydrogens (primary N) is 1. The van der Waals surface area contributed by atoms with Crippen LogP contribution in [-0.4, -0.2) is 35.2 Å². The highest BCUT2D eigenvalue weighted by Gasteiger charge is 2.19. The van der Waals surface area contributed by atoms with Gasteiger partial charge in [-0.15, -0.1) is 0 Å². The summed E-state index contributed by atoms with van der Waals surface area (Å²) in [6, 6.07) is 2.39. The number of likely N-dealkylation sites (tertiary alicyclic amines) is 1. The average Bonchev–Trinajstić information content (AvgIpc) is 2.56. The second-order valence-corrected chi connectivity index (χ2v) is 5.33. The van der Waals surface area contributed by atoms with Crippen LogP contribution in [0.25, 0.3) is 5.57 Å². The van der Waals surface area contributed by atoms with Gasteiger partial charge in [0, 0.05) is 60.8 Å². The van der Waals surface area contributed by atoms with E-state index in [-0.39, 0.29) is 0 Å². The molecule has 22 heavy (non-hydrogen) atoms. The second kappa shape index (κ2) is 7.45. The number of hydrogen-bond donors (Lipinski definition) is 3. The molecule has 116 valence electrons. The van der Waals surface area contributed by atoms with Crippen LogP contribution in [0.1, 0.15) is 18.4 Å². The summed E-state index contributed by atoms with van der Waals surface area (Å²) in [7, 11) is 0. The third kappa shape index (κ3) is 3.75. The summed E-state index contributed by atoms with van der Waals surface area (Å²) in [6.45, 7) is 9.71. The largest absolute Gasteiger partial charge is 0.404 e. The van der Waals surface area contributed by atoms with Crippen LogP contribution in [0, 0.1) is 5.41 Å². The van der Waals surface area contributed by atoms with E-state index in [1.807, 2.05) is 6.07 Å². The van der Waals surface area contributed by atoms with Gasteiger partial charge in [-0.1, -0.05) is 13.2 Å². The molecule has 0 unspecified atom stereocenters. The molecule has 1 aliphatic heterocycles. The van der Waals surface area contributed by atoms with Gasteiger partial charge >= 0.3 is 0 Å². The molecule has 0 spiro atoms. The zero-order valence-corrected chi connectivity index (χ0v) is 12.8. The van der Waals surface area contributed by atoms with Crippen LogP contribution < -0.4 is 11.1 Å². The van der Waals surface area contributed by atoms with Crippen LogP contribution in [0.5, 0.6) is 0 Å². The predicted octanol–water partition coefficient (Wildman–Crippen LogP) is 2.61. The molecule has 0 aromatic carbocycles. The number of rotatable bonds is 6. The highest BCUT2D eigenvalue weighted by atomic mass is 15.1. The zero-order chi connectivity index (χ0) is 15.9. The van der Waals surface area contributed by atoms with Gasteiger partial charge in [0.25, 0.3) is 0 Å². The Bertz CT molecular complexity index is 582. The SMILES string of the molecule is C=CC(=C)N1CCC(Nc2cncc(/C(C=N)=C/N)c2)CC1. The fraction of sp³-hybridized carbons (Fsp3) is 0.294. The number of hydrogen-bond acceptors (Lipinski definition) is 5. The quantitative estimate of drug-likeness (QED) is 0.557. The van der Waals surface area contributed by atoms with Gasteiger partial charge in [0.15, 0.2) is 0 Å². The molecule has 2 heterocycles. The van der Waals surface area contributed by atoms with Crippen molar-refractivity contribution in [3.63, 3.8) is 0 Å². The Morgan fingerprint density at radius 2 is 2.14 bits per heavy atom. The van der Waals surface area contributed by atoms with Crippen molar-refractivity contribution in [2.45, 2.75) is 18.9 Å². The third-order valence-corrected chi connectivity index (χ3v) is 3.91. The maximum Gasteiger partial charge on any atom is 0.0535 e. The molecule has 1 fully saturated rings. The predicted molar refractivity (Wildman–Crippen MR) is 92.7 cm³/mol. The first-order chi connectivity index (χ1) is 10.7. The maximum absolute atomic E-state index is 7.36. The number of piperidine rings is 1. The minimum Gasteiger partial charge on any atom is -0.404 e. The first-order valence-electron chi connectivity index (χ1n) is 7.38. The summed E-state index contributed by atoms with van der Waals surface area (Å²) in [5.74, 6) is 0. The number of anilines is 1. The van der Waals surface area contributed by atoms with Gasteiger partial charge in [0.1, 0.15) is 0 Å². The van der Waals surface area contributed by atoms with E-state index in [0.29, 0.717) is 11.6 Å². The molecule has 0 atom stereocenters. The van der Waals surface area contributed by atoms with E-state index in [1.165, 1.54) is 12.4 Å². The summed E-state index contributed by atoms with van der Waals surface area (Å²) in [5, 5.41) is 10.9. The lowest BCUT2D eigenvalue weighted by molar-refractivity contribution is 0.280. The van der Waals surface area contributed by atoms with Crippen molar-refractivity contribution in [3.8, 4) is 0 Å². The smallest absolute Gasteiger partial charge is 0.0535 e. The summed E-state index contributed by atoms with van der Waals surface area (Å²) >= 11 is 0. The van der Waals surface area contributed by atoms with Crippen molar-refractivity contribution >= 4 is 17.5 Å². The van der Waals surface area contributed by atoms with Crippen LogP contribution in [0.15, 0.2) is 49.6 Å². The molecule has 1 aliphatic rings. The van der Waals surface area contributed by atoms with Crippen molar-refractivity contribution in [3.05, 3.63) is 55.2 Å². The highest BCUT2D eigenvalue weighted by molar-refractivity contribution is 6.08. The van der Waals surface area contributed by atoms with E-state index in [0.717, 1.165) is 42.9 Å². The van der Waals surface area contributed by atoms with Crippen molar-refractivity contribution < 1.29 is 0 Å². The van der Waals surface area contributed by atoms with Gasteiger partial charge < -0.3 is 21.4 Å². The molecule has 1 aromatic rings. The van der Waals surface area contributed by atoms with Gasteiger partial charge in [0.2, 0.25) is 0 Å². The van der Waals surface area contributed by atoms with Gasteiger partial charge in [-0.2, -0.15) is 0 Å². The Morgan fingerprint density at radius 3 is 2.73 bits per heavy atom. The highest BCUT2D eigenvalue weighted by Crippen LogP contribution is 2.20. The Kier molecular flexibility index (Phi) is 5.36. The second-order valence-electron chi connectivity index (χ2n) is 5.33. The van der Waals surface area contributed by atoms with Crippen LogP contribution in [0.3, 0.4) is 0 Å². The Labute approximate surface area is 131 Å². The lowest BCUT2D eigenvalue weighted by Gasteiger charge is -2.34. The van der Waals surface area contributed by atoms with E-state index in [9.17, 15) is 0 Å². The molecule has 5 heteroatoms. The van der Waals surface area contributed by atoms with Gasteiger partial charge in [-0.3, -0.25) is 4.98 Å². The van der Waals surface area contributed by atoms with Gasteiger partial charge in [-0.25, -0.2) is 0 Å². The lowest BCUT2D eigenvalue weighted by Crippen LogP contribution is -2.38. The average molecular weight is 297 g/mol. The molecule has 0 radical (unpaired) electrons. The normalized spacial score (nSPS) is 16.2. The minimum atomic E-state index is 0.413. The van der Waals surface area contributed by atoms with Crippen LogP contribution in [0.4, 0.5) is 5.69 Å². The Balaban J connectivity index is 1.98. The van der Waals surface area contributed by atoms with Crippen LogP contribution >= 0.6 is 0 Å². The van der Waals surface area contributed by atoms with Crippen molar-refractivity contribution in [1.29, 1.82) is 5.41 Å². The van der Waals surface area contributed by atoms with E-state index < -0.39 is 0 Å². The molecule has 0 saturated carbocycles. The molecule has 4 N–H and O–H groups in total. The van der Waals surface area contributed by atoms with Crippen LogP contribution in [0.2, 0.25) is 0 Å². The summed E-state index contributed by atoms with van der Waals surface area (Å²) in [6.07, 6.45) is 10.1. The number of nitrogens with one attached hydrogen (secondary N) is 2. The summed E-state index contributed by atoms with van der Waals surface area (Å²) < 4.78 is 0. The Hall–Kier alpha value is -2.56. The third-order valence-electron chi connectivity index (χ3n) is 3.91. The minimum absolute atomic E-state index is 0.413. The van der Waals surface area contributed by atoms with Crippen molar-refractivity contribution in [2.75, 3.05) is 18.4 Å².